The topological polar surface area (TPSA) is 78.6 Å². The Kier molecular flexibility index (Phi) is 5.52. The predicted octanol–water partition coefficient (Wildman–Crippen LogP) is 1.58. The summed E-state index contributed by atoms with van der Waals surface area (Å²) in [4.78, 5) is 14.1. The van der Waals surface area contributed by atoms with Crippen LogP contribution in [0, 0.1) is 5.82 Å². The maximum atomic E-state index is 13.6. The number of halogens is 1. The van der Waals surface area contributed by atoms with Crippen LogP contribution in [0.4, 0.5) is 15.8 Å². The molecule has 2 rings (SSSR count). The summed E-state index contributed by atoms with van der Waals surface area (Å²) in [7, 11) is 0. The van der Waals surface area contributed by atoms with Crippen molar-refractivity contribution in [2.45, 2.75) is 31.7 Å². The number of aliphatic hydroxyl groups is 1. The van der Waals surface area contributed by atoms with Gasteiger partial charge in [-0.25, -0.2) is 4.39 Å². The zero-order chi connectivity index (χ0) is 15.2. The van der Waals surface area contributed by atoms with Crippen LogP contribution in [0.5, 0.6) is 0 Å². The van der Waals surface area contributed by atoms with Crippen molar-refractivity contribution in [2.75, 3.05) is 30.7 Å². The number of nitrogens with one attached hydrogen (secondary N) is 1. The van der Waals surface area contributed by atoms with Gasteiger partial charge in [-0.15, -0.1) is 0 Å². The number of rotatable bonds is 7. The molecular formula is C15H22FN3O2. The maximum Gasteiger partial charge on any atom is 0.238 e. The Morgan fingerprint density at radius 2 is 2.24 bits per heavy atom. The van der Waals surface area contributed by atoms with E-state index in [1.54, 1.807) is 0 Å². The van der Waals surface area contributed by atoms with Gasteiger partial charge >= 0.3 is 0 Å². The van der Waals surface area contributed by atoms with E-state index >= 15 is 0 Å². The third-order valence-electron chi connectivity index (χ3n) is 3.81. The lowest BCUT2D eigenvalue weighted by Gasteiger charge is -2.37. The monoisotopic (exact) mass is 295 g/mol. The minimum absolute atomic E-state index is 0.106. The number of amides is 1. The van der Waals surface area contributed by atoms with Crippen LogP contribution in [0.2, 0.25) is 0 Å². The fraction of sp³-hybridized carbons (Fsp3) is 0.533. The molecule has 21 heavy (non-hydrogen) atoms. The van der Waals surface area contributed by atoms with Crippen molar-refractivity contribution in [3.05, 3.63) is 24.0 Å². The van der Waals surface area contributed by atoms with Crippen LogP contribution in [-0.2, 0) is 4.79 Å². The van der Waals surface area contributed by atoms with Crippen LogP contribution in [0.15, 0.2) is 18.2 Å². The number of hydrogen-bond donors (Lipinski definition) is 3. The Labute approximate surface area is 123 Å². The lowest BCUT2D eigenvalue weighted by molar-refractivity contribution is -0.118. The molecule has 1 aromatic carbocycles. The van der Waals surface area contributed by atoms with Gasteiger partial charge in [0.05, 0.1) is 12.2 Å². The number of carbonyl (C=O) groups is 1. The van der Waals surface area contributed by atoms with Gasteiger partial charge in [0.25, 0.3) is 0 Å². The van der Waals surface area contributed by atoms with Gasteiger partial charge in [0.2, 0.25) is 5.91 Å². The average molecular weight is 295 g/mol. The van der Waals surface area contributed by atoms with Gasteiger partial charge in [0, 0.05) is 24.9 Å². The summed E-state index contributed by atoms with van der Waals surface area (Å²) in [5.74, 6) is -0.757. The number of aliphatic hydroxyl groups excluding tert-OH is 1. The molecule has 0 aliphatic heterocycles. The number of nitrogens with two attached hydrogens (primary N) is 1. The van der Waals surface area contributed by atoms with Gasteiger partial charge in [0.1, 0.15) is 5.82 Å². The quantitative estimate of drug-likeness (QED) is 0.667. The molecule has 0 atom stereocenters. The zero-order valence-electron chi connectivity index (χ0n) is 12.0. The molecule has 6 heteroatoms. The number of anilines is 2. The van der Waals surface area contributed by atoms with E-state index in [0.717, 1.165) is 12.8 Å². The molecule has 1 aliphatic carbocycles. The minimum Gasteiger partial charge on any atom is -0.399 e. The van der Waals surface area contributed by atoms with E-state index in [1.165, 1.54) is 24.6 Å². The van der Waals surface area contributed by atoms with Gasteiger partial charge in [0.15, 0.2) is 0 Å². The first kappa shape index (κ1) is 15.7. The Morgan fingerprint density at radius 3 is 2.86 bits per heavy atom. The molecule has 0 saturated heterocycles. The van der Waals surface area contributed by atoms with Gasteiger partial charge in [-0.1, -0.05) is 6.42 Å². The van der Waals surface area contributed by atoms with Crippen LogP contribution >= 0.6 is 0 Å². The molecule has 116 valence electrons. The molecule has 4 N–H and O–H groups in total. The summed E-state index contributed by atoms with van der Waals surface area (Å²) in [6.45, 7) is 0.988. The minimum atomic E-state index is -0.497. The van der Waals surface area contributed by atoms with Gasteiger partial charge in [-0.05, 0) is 37.5 Å². The van der Waals surface area contributed by atoms with Crippen LogP contribution in [0.1, 0.15) is 25.7 Å². The third-order valence-corrected chi connectivity index (χ3v) is 3.81. The van der Waals surface area contributed by atoms with E-state index in [0.29, 0.717) is 24.7 Å². The molecule has 1 amide bonds. The van der Waals surface area contributed by atoms with Crippen LogP contribution in [0.3, 0.4) is 0 Å². The molecule has 5 nitrogen and oxygen atoms in total. The Balaban J connectivity index is 1.93. The van der Waals surface area contributed by atoms with Crippen molar-refractivity contribution >= 4 is 17.3 Å². The van der Waals surface area contributed by atoms with Gasteiger partial charge in [-0.2, -0.15) is 0 Å². The van der Waals surface area contributed by atoms with Gasteiger partial charge in [-0.3, -0.25) is 9.69 Å². The first-order valence-corrected chi connectivity index (χ1v) is 7.30. The molecule has 1 fully saturated rings. The third kappa shape index (κ3) is 4.41. The highest BCUT2D eigenvalue weighted by molar-refractivity contribution is 5.92. The lowest BCUT2D eigenvalue weighted by atomic mass is 9.91. The molecule has 0 radical (unpaired) electrons. The highest BCUT2D eigenvalue weighted by Crippen LogP contribution is 2.25. The van der Waals surface area contributed by atoms with E-state index < -0.39 is 5.82 Å². The SMILES string of the molecule is Nc1ccc(F)c(NC(=O)CN(CCCO)C2CCC2)c1. The first-order chi connectivity index (χ1) is 10.1. The van der Waals surface area contributed by atoms with Crippen molar-refractivity contribution in [2.24, 2.45) is 0 Å². The molecule has 0 aromatic heterocycles. The molecule has 0 heterocycles. The van der Waals surface area contributed by atoms with E-state index in [9.17, 15) is 9.18 Å². The molecule has 1 saturated carbocycles. The van der Waals surface area contributed by atoms with E-state index in [-0.39, 0.29) is 24.7 Å². The molecule has 1 aliphatic rings. The second-order valence-corrected chi connectivity index (χ2v) is 5.42. The second kappa shape index (κ2) is 7.38. The van der Waals surface area contributed by atoms with E-state index in [4.69, 9.17) is 10.8 Å². The van der Waals surface area contributed by atoms with Crippen LogP contribution in [0.25, 0.3) is 0 Å². The smallest absolute Gasteiger partial charge is 0.238 e. The summed E-state index contributed by atoms with van der Waals surface area (Å²) < 4.78 is 13.6. The number of benzene rings is 1. The van der Waals surface area contributed by atoms with Crippen LogP contribution in [-0.4, -0.2) is 41.7 Å². The van der Waals surface area contributed by atoms with Crippen molar-refractivity contribution < 1.29 is 14.3 Å². The predicted molar refractivity (Wildman–Crippen MR) is 80.4 cm³/mol. The van der Waals surface area contributed by atoms with Crippen molar-refractivity contribution in [1.82, 2.24) is 4.90 Å². The fourth-order valence-electron chi connectivity index (χ4n) is 2.43. The summed E-state index contributed by atoms with van der Waals surface area (Å²) in [5.41, 5.74) is 6.11. The highest BCUT2D eigenvalue weighted by Gasteiger charge is 2.26. The lowest BCUT2D eigenvalue weighted by Crippen LogP contribution is -2.45. The number of nitrogen functional groups attached to an aromatic ring is 1. The highest BCUT2D eigenvalue weighted by atomic mass is 19.1. The standard InChI is InChI=1S/C15H22FN3O2/c16-13-6-5-11(17)9-14(13)18-15(21)10-19(7-2-8-20)12-3-1-4-12/h5-6,9,12,20H,1-4,7-8,10,17H2,(H,18,21). The average Bonchev–Trinajstić information content (AvgIpc) is 2.38. The molecule has 0 unspecified atom stereocenters. The first-order valence-electron chi connectivity index (χ1n) is 7.30. The van der Waals surface area contributed by atoms with Gasteiger partial charge < -0.3 is 16.2 Å². The Bertz CT molecular complexity index is 492. The van der Waals surface area contributed by atoms with Crippen molar-refractivity contribution in [1.29, 1.82) is 0 Å². The molecule has 0 spiro atoms. The number of nitrogens with zero attached hydrogens (tertiary/aromatic N) is 1. The normalized spacial score (nSPS) is 15.0. The van der Waals surface area contributed by atoms with E-state index in [1.807, 2.05) is 0 Å². The Morgan fingerprint density at radius 1 is 1.48 bits per heavy atom. The summed E-state index contributed by atoms with van der Waals surface area (Å²) >= 11 is 0. The zero-order valence-corrected chi connectivity index (χ0v) is 12.0. The van der Waals surface area contributed by atoms with E-state index in [2.05, 4.69) is 10.2 Å². The number of carbonyl (C=O) groups excluding carboxylic acids is 1. The van der Waals surface area contributed by atoms with Crippen molar-refractivity contribution in [3.8, 4) is 0 Å². The summed E-state index contributed by atoms with van der Waals surface area (Å²) in [6.07, 6.45) is 3.96. The summed E-state index contributed by atoms with van der Waals surface area (Å²) in [6, 6.07) is 4.50. The molecule has 1 aromatic rings. The maximum absolute atomic E-state index is 13.6. The fourth-order valence-corrected chi connectivity index (χ4v) is 2.43. The largest absolute Gasteiger partial charge is 0.399 e. The Hall–Kier alpha value is -1.66. The van der Waals surface area contributed by atoms with Crippen molar-refractivity contribution in [3.63, 3.8) is 0 Å². The molecule has 0 bridgehead atoms. The second-order valence-electron chi connectivity index (χ2n) is 5.42. The van der Waals surface area contributed by atoms with Crippen LogP contribution < -0.4 is 11.1 Å². The molecular weight excluding hydrogens is 273 g/mol. The number of hydrogen-bond acceptors (Lipinski definition) is 4. The summed E-state index contributed by atoms with van der Waals surface area (Å²) in [5, 5.41) is 11.5.